The van der Waals surface area contributed by atoms with Crippen molar-refractivity contribution in [2.24, 2.45) is 22.7 Å². The first kappa shape index (κ1) is 20.0. The van der Waals surface area contributed by atoms with E-state index in [1.54, 1.807) is 0 Å². The van der Waals surface area contributed by atoms with E-state index in [-0.39, 0.29) is 34.8 Å². The number of fused-ring (bicyclic) bond motifs is 1. The van der Waals surface area contributed by atoms with Gasteiger partial charge in [-0.1, -0.05) is 32.9 Å². The smallest absolute Gasteiger partial charge is 0.227 e. The van der Waals surface area contributed by atoms with Gasteiger partial charge in [-0.15, -0.1) is 0 Å². The number of hydrogen-bond donors (Lipinski definition) is 1. The van der Waals surface area contributed by atoms with E-state index in [0.717, 1.165) is 31.7 Å². The molecule has 5 heteroatoms. The highest BCUT2D eigenvalue weighted by Crippen LogP contribution is 2.70. The molecule has 4 aliphatic rings. The monoisotopic (exact) mass is 410 g/mol. The molecule has 30 heavy (non-hydrogen) atoms. The Morgan fingerprint density at radius 3 is 2.70 bits per heavy atom. The number of anilines is 1. The molecule has 162 valence electrons. The third-order valence-corrected chi connectivity index (χ3v) is 8.74. The summed E-state index contributed by atoms with van der Waals surface area (Å²) >= 11 is 0. The van der Waals surface area contributed by atoms with E-state index >= 15 is 0 Å². The van der Waals surface area contributed by atoms with Crippen LogP contribution in [0.15, 0.2) is 24.3 Å². The molecule has 0 radical (unpaired) electrons. The van der Waals surface area contributed by atoms with Crippen molar-refractivity contribution < 1.29 is 14.3 Å². The van der Waals surface area contributed by atoms with Crippen LogP contribution >= 0.6 is 0 Å². The van der Waals surface area contributed by atoms with Crippen molar-refractivity contribution in [1.29, 1.82) is 0 Å². The first-order valence-electron chi connectivity index (χ1n) is 11.7. The van der Waals surface area contributed by atoms with Gasteiger partial charge in [-0.2, -0.15) is 0 Å². The summed E-state index contributed by atoms with van der Waals surface area (Å²) < 4.78 is 6.37. The highest BCUT2D eigenvalue weighted by molar-refractivity contribution is 5.95. The number of amides is 2. The SMILES string of the molecule is CCC(=O)N[C@@H]1C(C)(C)[C@@H]2C[C@@H]3[C@@H](c4ccc(N5CCCC5=O)cc4)OCCC31C2. The predicted molar refractivity (Wildman–Crippen MR) is 116 cm³/mol. The minimum absolute atomic E-state index is 0.0733. The molecular weight excluding hydrogens is 376 g/mol. The van der Waals surface area contributed by atoms with Crippen LogP contribution in [0.4, 0.5) is 5.69 Å². The molecule has 2 amide bonds. The molecule has 1 unspecified atom stereocenters. The predicted octanol–water partition coefficient (Wildman–Crippen LogP) is 4.22. The summed E-state index contributed by atoms with van der Waals surface area (Å²) in [5.74, 6) is 1.44. The first-order valence-corrected chi connectivity index (χ1v) is 11.7. The van der Waals surface area contributed by atoms with Crippen molar-refractivity contribution >= 4 is 17.5 Å². The Labute approximate surface area is 179 Å². The Morgan fingerprint density at radius 2 is 2.03 bits per heavy atom. The molecule has 2 heterocycles. The molecule has 5 atom stereocenters. The van der Waals surface area contributed by atoms with Crippen molar-refractivity contribution in [2.75, 3.05) is 18.1 Å². The topological polar surface area (TPSA) is 58.6 Å². The lowest BCUT2D eigenvalue weighted by atomic mass is 9.59. The van der Waals surface area contributed by atoms with E-state index in [0.29, 0.717) is 24.7 Å². The van der Waals surface area contributed by atoms with Crippen LogP contribution in [0.5, 0.6) is 0 Å². The van der Waals surface area contributed by atoms with E-state index in [1.165, 1.54) is 18.4 Å². The van der Waals surface area contributed by atoms with Crippen LogP contribution in [-0.4, -0.2) is 31.0 Å². The number of rotatable bonds is 4. The number of benzene rings is 1. The Morgan fingerprint density at radius 1 is 1.27 bits per heavy atom. The summed E-state index contributed by atoms with van der Waals surface area (Å²) in [6.45, 7) is 8.18. The summed E-state index contributed by atoms with van der Waals surface area (Å²) in [5, 5.41) is 3.42. The molecule has 0 aromatic heterocycles. The van der Waals surface area contributed by atoms with Gasteiger partial charge >= 0.3 is 0 Å². The van der Waals surface area contributed by atoms with Gasteiger partial charge in [0.1, 0.15) is 0 Å². The molecule has 5 rings (SSSR count). The van der Waals surface area contributed by atoms with E-state index in [2.05, 4.69) is 43.4 Å². The maximum atomic E-state index is 12.4. The van der Waals surface area contributed by atoms with Gasteiger partial charge in [0.15, 0.2) is 0 Å². The van der Waals surface area contributed by atoms with Crippen molar-refractivity contribution in [3.05, 3.63) is 29.8 Å². The number of nitrogens with one attached hydrogen (secondary N) is 1. The van der Waals surface area contributed by atoms with Gasteiger partial charge in [-0.25, -0.2) is 0 Å². The summed E-state index contributed by atoms with van der Waals surface area (Å²) in [7, 11) is 0. The lowest BCUT2D eigenvalue weighted by Crippen LogP contribution is -2.58. The maximum Gasteiger partial charge on any atom is 0.227 e. The Hall–Kier alpha value is -1.88. The highest BCUT2D eigenvalue weighted by atomic mass is 16.5. The fraction of sp³-hybridized carbons (Fsp3) is 0.680. The molecule has 4 fully saturated rings. The van der Waals surface area contributed by atoms with Gasteiger partial charge in [0, 0.05) is 37.7 Å². The second-order valence-electron chi connectivity index (χ2n) is 10.4. The summed E-state index contributed by atoms with van der Waals surface area (Å²) in [6, 6.07) is 8.69. The number of hydrogen-bond acceptors (Lipinski definition) is 3. The van der Waals surface area contributed by atoms with Gasteiger partial charge in [0.05, 0.1) is 6.10 Å². The molecule has 1 N–H and O–H groups in total. The molecule has 2 aliphatic heterocycles. The third kappa shape index (κ3) is 2.84. The lowest BCUT2D eigenvalue weighted by molar-refractivity contribution is -0.137. The largest absolute Gasteiger partial charge is 0.373 e. The highest BCUT2D eigenvalue weighted by Gasteiger charge is 2.68. The zero-order valence-electron chi connectivity index (χ0n) is 18.4. The van der Waals surface area contributed by atoms with Gasteiger partial charge in [0.25, 0.3) is 0 Å². The van der Waals surface area contributed by atoms with Crippen molar-refractivity contribution in [1.82, 2.24) is 5.32 Å². The molecule has 1 spiro atoms. The van der Waals surface area contributed by atoms with E-state index in [1.807, 2.05) is 11.8 Å². The van der Waals surface area contributed by atoms with Crippen molar-refractivity contribution in [2.45, 2.75) is 71.4 Å². The molecule has 2 aliphatic carbocycles. The molecule has 1 aromatic carbocycles. The van der Waals surface area contributed by atoms with Crippen LogP contribution < -0.4 is 10.2 Å². The van der Waals surface area contributed by atoms with Crippen LogP contribution in [0.25, 0.3) is 0 Å². The normalized spacial score (nSPS) is 36.8. The van der Waals surface area contributed by atoms with Crippen LogP contribution in [0.2, 0.25) is 0 Å². The van der Waals surface area contributed by atoms with Crippen LogP contribution in [-0.2, 0) is 14.3 Å². The average molecular weight is 411 g/mol. The zero-order chi connectivity index (χ0) is 21.1. The minimum Gasteiger partial charge on any atom is -0.373 e. The van der Waals surface area contributed by atoms with Crippen LogP contribution in [0, 0.1) is 22.7 Å². The van der Waals surface area contributed by atoms with Crippen LogP contribution in [0.3, 0.4) is 0 Å². The average Bonchev–Trinajstić information content (AvgIpc) is 3.40. The Balaban J connectivity index is 1.42. The zero-order valence-corrected chi connectivity index (χ0v) is 18.4. The second kappa shape index (κ2) is 7.08. The standard InChI is InChI=1S/C25H34N2O3/c1-4-20(28)26-23-24(2,3)17-14-19-22(30-13-11-25(19,23)15-17)16-7-9-18(10-8-16)27-12-5-6-21(27)29/h7-10,17,19,22-23H,4-6,11-15H2,1-3H3,(H,26,28)/t17-,19-,22-,23-,25?/m1/s1. The van der Waals surface area contributed by atoms with Crippen molar-refractivity contribution in [3.63, 3.8) is 0 Å². The molecule has 2 bridgehead atoms. The fourth-order valence-electron chi connectivity index (χ4n) is 7.15. The summed E-state index contributed by atoms with van der Waals surface area (Å²) in [6.07, 6.45) is 5.60. The van der Waals surface area contributed by atoms with E-state index in [4.69, 9.17) is 4.74 Å². The van der Waals surface area contributed by atoms with Gasteiger partial charge < -0.3 is 15.0 Å². The third-order valence-electron chi connectivity index (χ3n) is 8.74. The summed E-state index contributed by atoms with van der Waals surface area (Å²) in [4.78, 5) is 26.3. The van der Waals surface area contributed by atoms with E-state index in [9.17, 15) is 9.59 Å². The molecule has 2 saturated heterocycles. The van der Waals surface area contributed by atoms with Gasteiger partial charge in [0.2, 0.25) is 11.8 Å². The van der Waals surface area contributed by atoms with E-state index < -0.39 is 0 Å². The number of ether oxygens (including phenoxy) is 1. The maximum absolute atomic E-state index is 12.4. The molecule has 1 aromatic rings. The van der Waals surface area contributed by atoms with Gasteiger partial charge in [-0.3, -0.25) is 9.59 Å². The summed E-state index contributed by atoms with van der Waals surface area (Å²) in [5.41, 5.74) is 2.46. The first-order chi connectivity index (χ1) is 14.4. The van der Waals surface area contributed by atoms with Crippen molar-refractivity contribution in [3.8, 4) is 0 Å². The molecular formula is C25H34N2O3. The fourth-order valence-corrected chi connectivity index (χ4v) is 7.15. The Kier molecular flexibility index (Phi) is 4.73. The molecule has 5 nitrogen and oxygen atoms in total. The lowest BCUT2D eigenvalue weighted by Gasteiger charge is -2.53. The quantitative estimate of drug-likeness (QED) is 0.808. The second-order valence-corrected chi connectivity index (χ2v) is 10.4. The number of nitrogens with zero attached hydrogens (tertiary/aromatic N) is 1. The Bertz CT molecular complexity index is 848. The molecule has 2 saturated carbocycles. The van der Waals surface area contributed by atoms with Crippen LogP contribution in [0.1, 0.15) is 71.0 Å². The van der Waals surface area contributed by atoms with Gasteiger partial charge in [-0.05, 0) is 66.0 Å². The number of carbonyl (C=O) groups excluding carboxylic acids is 2. The minimum atomic E-state index is 0.0733. The number of carbonyl (C=O) groups is 2.